The molecule has 35 heavy (non-hydrogen) atoms. The maximum atomic E-state index is 12.5. The molecule has 9 heteroatoms. The molecule has 0 aliphatic carbocycles. The molecule has 1 N–H and O–H groups in total. The van der Waals surface area contributed by atoms with Crippen LogP contribution < -0.4 is 19.5 Å². The van der Waals surface area contributed by atoms with Gasteiger partial charge >= 0.3 is 0 Å². The Morgan fingerprint density at radius 3 is 2.66 bits per heavy atom. The second-order valence-corrected chi connectivity index (χ2v) is 8.27. The zero-order chi connectivity index (χ0) is 25.5. The topological polar surface area (TPSA) is 96.7 Å². The lowest BCUT2D eigenvalue weighted by molar-refractivity contribution is -0.111. The number of aryl methyl sites for hydroxylation is 1. The standard InChI is InChI=1S/C26H27ClN4O4/c1-6-34-24-14-21-18(13-22(24)30-25(32)8-7-11-31(3)4)26(19(15-28)16(2)29-21)35-17-9-10-23(33-5)20(27)12-17/h7-10,12-14H,6,11H2,1-5H3,(H,30,32)/b8-7+. The van der Waals surface area contributed by atoms with Gasteiger partial charge in [-0.15, -0.1) is 0 Å². The number of benzene rings is 2. The van der Waals surface area contributed by atoms with Gasteiger partial charge in [-0.1, -0.05) is 17.7 Å². The van der Waals surface area contributed by atoms with Gasteiger partial charge in [0, 0.05) is 30.1 Å². The Hall–Kier alpha value is -3.80. The number of carbonyl (C=O) groups excluding carboxylic acids is 1. The average Bonchev–Trinajstić information content (AvgIpc) is 2.80. The summed E-state index contributed by atoms with van der Waals surface area (Å²) in [5, 5.41) is 13.6. The Morgan fingerprint density at radius 2 is 2.03 bits per heavy atom. The van der Waals surface area contributed by atoms with E-state index in [1.165, 1.54) is 13.2 Å². The number of fused-ring (bicyclic) bond motifs is 1. The molecule has 0 saturated heterocycles. The van der Waals surface area contributed by atoms with E-state index in [1.54, 1.807) is 43.3 Å². The number of amides is 1. The fraction of sp³-hybridized carbons (Fsp3) is 0.269. The van der Waals surface area contributed by atoms with E-state index in [4.69, 9.17) is 25.8 Å². The first-order valence-electron chi connectivity index (χ1n) is 10.9. The van der Waals surface area contributed by atoms with Crippen molar-refractivity contribution in [1.82, 2.24) is 9.88 Å². The molecule has 1 amide bonds. The van der Waals surface area contributed by atoms with E-state index >= 15 is 0 Å². The van der Waals surface area contributed by atoms with Gasteiger partial charge in [0.1, 0.15) is 28.9 Å². The molecule has 0 bridgehead atoms. The molecule has 3 aromatic rings. The third-order valence-corrected chi connectivity index (χ3v) is 5.27. The largest absolute Gasteiger partial charge is 0.495 e. The van der Waals surface area contributed by atoms with Gasteiger partial charge in [0.25, 0.3) is 0 Å². The van der Waals surface area contributed by atoms with Crippen molar-refractivity contribution in [3.8, 4) is 29.1 Å². The van der Waals surface area contributed by atoms with Crippen LogP contribution in [0.15, 0.2) is 42.5 Å². The smallest absolute Gasteiger partial charge is 0.248 e. The fourth-order valence-electron chi connectivity index (χ4n) is 3.36. The third-order valence-electron chi connectivity index (χ3n) is 4.97. The molecule has 0 aliphatic rings. The van der Waals surface area contributed by atoms with E-state index in [2.05, 4.69) is 16.4 Å². The van der Waals surface area contributed by atoms with E-state index in [-0.39, 0.29) is 11.5 Å². The Labute approximate surface area is 209 Å². The summed E-state index contributed by atoms with van der Waals surface area (Å²) in [6, 6.07) is 10.6. The Kier molecular flexibility index (Phi) is 8.53. The number of methoxy groups -OCH3 is 1. The van der Waals surface area contributed by atoms with Gasteiger partial charge in [-0.2, -0.15) is 5.26 Å². The quantitative estimate of drug-likeness (QED) is 0.402. The lowest BCUT2D eigenvalue weighted by atomic mass is 10.1. The first-order chi connectivity index (χ1) is 16.8. The van der Waals surface area contributed by atoms with Crippen LogP contribution in [0, 0.1) is 18.3 Å². The molecule has 2 aromatic carbocycles. The summed E-state index contributed by atoms with van der Waals surface area (Å²) < 4.78 is 17.1. The minimum Gasteiger partial charge on any atom is -0.495 e. The highest BCUT2D eigenvalue weighted by molar-refractivity contribution is 6.32. The third kappa shape index (κ3) is 6.21. The first kappa shape index (κ1) is 25.8. The summed E-state index contributed by atoms with van der Waals surface area (Å²) in [5.74, 6) is 1.38. The van der Waals surface area contributed by atoms with Crippen molar-refractivity contribution in [2.45, 2.75) is 13.8 Å². The van der Waals surface area contributed by atoms with Gasteiger partial charge < -0.3 is 24.4 Å². The molecule has 0 atom stereocenters. The fourth-order valence-corrected chi connectivity index (χ4v) is 3.61. The number of hydrogen-bond donors (Lipinski definition) is 1. The second-order valence-electron chi connectivity index (χ2n) is 7.86. The molecule has 1 aromatic heterocycles. The zero-order valence-electron chi connectivity index (χ0n) is 20.3. The summed E-state index contributed by atoms with van der Waals surface area (Å²) in [7, 11) is 5.35. The van der Waals surface area contributed by atoms with E-state index in [1.807, 2.05) is 25.9 Å². The first-order valence-corrected chi connectivity index (χ1v) is 11.3. The number of rotatable bonds is 9. The number of nitriles is 1. The Balaban J connectivity index is 2.12. The van der Waals surface area contributed by atoms with Crippen LogP contribution in [0.4, 0.5) is 5.69 Å². The Bertz CT molecular complexity index is 1320. The van der Waals surface area contributed by atoms with Crippen LogP contribution in [0.5, 0.6) is 23.0 Å². The number of ether oxygens (including phenoxy) is 3. The molecular formula is C26H27ClN4O4. The number of nitrogens with zero attached hydrogens (tertiary/aromatic N) is 3. The SMILES string of the molecule is CCOc1cc2nc(C)c(C#N)c(Oc3ccc(OC)c(Cl)c3)c2cc1NC(=O)/C=C/CN(C)C. The van der Waals surface area contributed by atoms with Crippen LogP contribution in [0.1, 0.15) is 18.2 Å². The molecule has 3 rings (SSSR count). The molecule has 182 valence electrons. The lowest BCUT2D eigenvalue weighted by Gasteiger charge is -2.16. The number of pyridine rings is 1. The van der Waals surface area contributed by atoms with Gasteiger partial charge in [-0.25, -0.2) is 0 Å². The van der Waals surface area contributed by atoms with Crippen LogP contribution in [-0.4, -0.2) is 50.1 Å². The summed E-state index contributed by atoms with van der Waals surface area (Å²) >= 11 is 6.26. The highest BCUT2D eigenvalue weighted by Gasteiger charge is 2.19. The van der Waals surface area contributed by atoms with Crippen molar-refractivity contribution < 1.29 is 19.0 Å². The molecular weight excluding hydrogens is 468 g/mol. The van der Waals surface area contributed by atoms with Gasteiger partial charge in [0.05, 0.1) is 35.6 Å². The predicted molar refractivity (Wildman–Crippen MR) is 137 cm³/mol. The minimum absolute atomic E-state index is 0.275. The van der Waals surface area contributed by atoms with E-state index in [9.17, 15) is 10.1 Å². The highest BCUT2D eigenvalue weighted by Crippen LogP contribution is 2.40. The van der Waals surface area contributed by atoms with E-state index < -0.39 is 0 Å². The maximum absolute atomic E-state index is 12.5. The van der Waals surface area contributed by atoms with Crippen LogP contribution in [-0.2, 0) is 4.79 Å². The highest BCUT2D eigenvalue weighted by atomic mass is 35.5. The van der Waals surface area contributed by atoms with Crippen molar-refractivity contribution in [3.63, 3.8) is 0 Å². The van der Waals surface area contributed by atoms with Gasteiger partial charge in [-0.05, 0) is 46.1 Å². The lowest BCUT2D eigenvalue weighted by Crippen LogP contribution is -2.13. The molecule has 8 nitrogen and oxygen atoms in total. The molecule has 0 aliphatic heterocycles. The summed E-state index contributed by atoms with van der Waals surface area (Å²) in [6.45, 7) is 4.61. The molecule has 0 spiro atoms. The van der Waals surface area contributed by atoms with Crippen LogP contribution in [0.3, 0.4) is 0 Å². The van der Waals surface area contributed by atoms with Crippen LogP contribution in [0.2, 0.25) is 5.02 Å². The predicted octanol–water partition coefficient (Wildman–Crippen LogP) is 5.32. The van der Waals surface area contributed by atoms with Crippen molar-refractivity contribution >= 4 is 34.1 Å². The number of halogens is 1. The summed E-state index contributed by atoms with van der Waals surface area (Å²) in [5.41, 5.74) is 1.77. The molecule has 0 radical (unpaired) electrons. The normalized spacial score (nSPS) is 11.0. The second kappa shape index (κ2) is 11.6. The maximum Gasteiger partial charge on any atom is 0.248 e. The number of likely N-dealkylation sites (N-methyl/N-ethyl adjacent to an activating group) is 1. The van der Waals surface area contributed by atoms with Crippen LogP contribution >= 0.6 is 11.6 Å². The summed E-state index contributed by atoms with van der Waals surface area (Å²) in [6.07, 6.45) is 3.22. The van der Waals surface area contributed by atoms with E-state index in [0.717, 1.165) is 0 Å². The summed E-state index contributed by atoms with van der Waals surface area (Å²) in [4.78, 5) is 19.0. The average molecular weight is 495 g/mol. The van der Waals surface area contributed by atoms with Crippen molar-refractivity contribution in [2.75, 3.05) is 39.7 Å². The van der Waals surface area contributed by atoms with Crippen LogP contribution in [0.25, 0.3) is 10.9 Å². The van der Waals surface area contributed by atoms with Crippen molar-refractivity contribution in [1.29, 1.82) is 5.26 Å². The molecule has 0 unspecified atom stereocenters. The van der Waals surface area contributed by atoms with Gasteiger partial charge in [0.2, 0.25) is 5.91 Å². The molecule has 0 saturated carbocycles. The van der Waals surface area contributed by atoms with Gasteiger partial charge in [-0.3, -0.25) is 9.78 Å². The number of anilines is 1. The number of hydrogen-bond acceptors (Lipinski definition) is 7. The molecule has 0 fully saturated rings. The Morgan fingerprint density at radius 1 is 1.26 bits per heavy atom. The van der Waals surface area contributed by atoms with Gasteiger partial charge in [0.15, 0.2) is 5.75 Å². The van der Waals surface area contributed by atoms with E-state index in [0.29, 0.717) is 63.5 Å². The zero-order valence-corrected chi connectivity index (χ0v) is 21.1. The monoisotopic (exact) mass is 494 g/mol. The van der Waals surface area contributed by atoms with Crippen molar-refractivity contribution in [3.05, 3.63) is 58.8 Å². The van der Waals surface area contributed by atoms with Crippen molar-refractivity contribution in [2.24, 2.45) is 0 Å². The molecule has 1 heterocycles. The number of aromatic nitrogens is 1. The number of carbonyl (C=O) groups is 1. The minimum atomic E-state index is -0.308. The number of nitrogens with one attached hydrogen (secondary N) is 1.